The van der Waals surface area contributed by atoms with Gasteiger partial charge in [0.05, 0.1) is 6.61 Å². The molecule has 0 radical (unpaired) electrons. The number of para-hydroxylation sites is 1. The number of carbonyl (C=O) groups excluding carboxylic acids is 1. The third-order valence-electron chi connectivity index (χ3n) is 2.97. The Morgan fingerprint density at radius 3 is 2.52 bits per heavy atom. The molecule has 2 rings (SSSR count). The molecule has 21 heavy (non-hydrogen) atoms. The van der Waals surface area contributed by atoms with E-state index in [-0.39, 0.29) is 0 Å². The van der Waals surface area contributed by atoms with Crippen molar-refractivity contribution < 1.29 is 9.53 Å². The molecule has 0 saturated heterocycles. The maximum atomic E-state index is 11.8. The summed E-state index contributed by atoms with van der Waals surface area (Å²) >= 11 is 3.38. The van der Waals surface area contributed by atoms with Crippen LogP contribution in [0.3, 0.4) is 0 Å². The normalized spacial score (nSPS) is 11.7. The molecule has 0 aliphatic carbocycles. The minimum absolute atomic E-state index is 0.454. The van der Waals surface area contributed by atoms with Gasteiger partial charge in [0.25, 0.3) is 0 Å². The van der Waals surface area contributed by atoms with Crippen LogP contribution in [0.5, 0.6) is 5.75 Å². The molecule has 0 aromatic heterocycles. The second-order valence-electron chi connectivity index (χ2n) is 4.46. The molecule has 0 aliphatic heterocycles. The van der Waals surface area contributed by atoms with Gasteiger partial charge in [0.1, 0.15) is 11.8 Å². The molecule has 1 atom stereocenters. The first-order chi connectivity index (χ1) is 10.1. The number of nitrogens with one attached hydrogen (secondary N) is 1. The third kappa shape index (κ3) is 3.98. The van der Waals surface area contributed by atoms with Crippen molar-refractivity contribution in [3.8, 4) is 5.75 Å². The second kappa shape index (κ2) is 7.13. The Kier molecular flexibility index (Phi) is 5.22. The van der Waals surface area contributed by atoms with Gasteiger partial charge in [0, 0.05) is 15.7 Å². The predicted molar refractivity (Wildman–Crippen MR) is 87.3 cm³/mol. The minimum atomic E-state index is -0.645. The van der Waals surface area contributed by atoms with Crippen molar-refractivity contribution in [1.82, 2.24) is 0 Å². The van der Waals surface area contributed by atoms with E-state index in [9.17, 15) is 4.79 Å². The number of primary amides is 1. The van der Waals surface area contributed by atoms with Gasteiger partial charge in [-0.1, -0.05) is 34.1 Å². The molecule has 5 heteroatoms. The Hall–Kier alpha value is -2.01. The summed E-state index contributed by atoms with van der Waals surface area (Å²) in [7, 11) is 0. The number of rotatable bonds is 6. The summed E-state index contributed by atoms with van der Waals surface area (Å²) in [6.07, 6.45) is 0. The lowest BCUT2D eigenvalue weighted by atomic mass is 10.0. The van der Waals surface area contributed by atoms with E-state index in [0.717, 1.165) is 15.7 Å². The highest BCUT2D eigenvalue weighted by Gasteiger charge is 2.21. The van der Waals surface area contributed by atoms with Gasteiger partial charge in [-0.15, -0.1) is 0 Å². The van der Waals surface area contributed by atoms with Crippen molar-refractivity contribution in [2.75, 3.05) is 11.9 Å². The van der Waals surface area contributed by atoms with Crippen LogP contribution in [-0.4, -0.2) is 12.5 Å². The average molecular weight is 349 g/mol. The van der Waals surface area contributed by atoms with Gasteiger partial charge in [-0.25, -0.2) is 0 Å². The van der Waals surface area contributed by atoms with E-state index in [0.29, 0.717) is 12.4 Å². The lowest BCUT2D eigenvalue weighted by Gasteiger charge is -2.20. The van der Waals surface area contributed by atoms with Crippen molar-refractivity contribution in [2.45, 2.75) is 13.0 Å². The molecule has 0 fully saturated rings. The molecule has 0 saturated carbocycles. The first-order valence-electron chi connectivity index (χ1n) is 6.65. The number of halogens is 1. The van der Waals surface area contributed by atoms with Gasteiger partial charge < -0.3 is 15.8 Å². The van der Waals surface area contributed by atoms with Gasteiger partial charge in [0.15, 0.2) is 0 Å². The van der Waals surface area contributed by atoms with Crippen LogP contribution in [-0.2, 0) is 4.79 Å². The summed E-state index contributed by atoms with van der Waals surface area (Å²) in [4.78, 5) is 11.8. The molecule has 0 spiro atoms. The van der Waals surface area contributed by atoms with Crippen molar-refractivity contribution >= 4 is 27.5 Å². The van der Waals surface area contributed by atoms with Crippen LogP contribution in [0, 0.1) is 0 Å². The maximum Gasteiger partial charge on any atom is 0.244 e. The summed E-state index contributed by atoms with van der Waals surface area (Å²) in [6.45, 7) is 2.43. The molecule has 2 aromatic rings. The zero-order valence-electron chi connectivity index (χ0n) is 11.7. The molecular weight excluding hydrogens is 332 g/mol. The van der Waals surface area contributed by atoms with E-state index >= 15 is 0 Å². The van der Waals surface area contributed by atoms with Crippen LogP contribution >= 0.6 is 15.9 Å². The second-order valence-corrected chi connectivity index (χ2v) is 5.37. The van der Waals surface area contributed by atoms with Crippen molar-refractivity contribution in [3.05, 3.63) is 58.6 Å². The van der Waals surface area contributed by atoms with Crippen LogP contribution in [0.25, 0.3) is 0 Å². The first kappa shape index (κ1) is 15.4. The number of hydrogen-bond acceptors (Lipinski definition) is 3. The molecule has 3 N–H and O–H groups in total. The standard InChI is InChI=1S/C16H17BrN2O2/c1-2-21-14-6-4-3-5-13(14)15(16(18)20)19-12-9-7-11(17)8-10-12/h3-10,15,19H,2H2,1H3,(H2,18,20). The Morgan fingerprint density at radius 2 is 1.90 bits per heavy atom. The SMILES string of the molecule is CCOc1ccccc1C(Nc1ccc(Br)cc1)C(N)=O. The molecule has 0 bridgehead atoms. The highest BCUT2D eigenvalue weighted by Crippen LogP contribution is 2.28. The third-order valence-corrected chi connectivity index (χ3v) is 3.50. The number of carbonyl (C=O) groups is 1. The van der Waals surface area contributed by atoms with Gasteiger partial charge in [-0.05, 0) is 37.3 Å². The minimum Gasteiger partial charge on any atom is -0.494 e. The number of hydrogen-bond donors (Lipinski definition) is 2. The topological polar surface area (TPSA) is 64.3 Å². The molecule has 4 nitrogen and oxygen atoms in total. The summed E-state index contributed by atoms with van der Waals surface area (Å²) in [5.74, 6) is 0.207. The van der Waals surface area contributed by atoms with Crippen LogP contribution in [0.15, 0.2) is 53.0 Å². The van der Waals surface area contributed by atoms with Crippen molar-refractivity contribution in [1.29, 1.82) is 0 Å². The van der Waals surface area contributed by atoms with Crippen molar-refractivity contribution in [3.63, 3.8) is 0 Å². The fourth-order valence-electron chi connectivity index (χ4n) is 2.02. The lowest BCUT2D eigenvalue weighted by molar-refractivity contribution is -0.118. The molecule has 1 amide bonds. The largest absolute Gasteiger partial charge is 0.494 e. The van der Waals surface area contributed by atoms with E-state index in [1.807, 2.05) is 55.5 Å². The van der Waals surface area contributed by atoms with Crippen LogP contribution in [0.2, 0.25) is 0 Å². The fraction of sp³-hybridized carbons (Fsp3) is 0.188. The van der Waals surface area contributed by atoms with E-state index in [4.69, 9.17) is 10.5 Å². The number of ether oxygens (including phenoxy) is 1. The molecule has 2 aromatic carbocycles. The van der Waals surface area contributed by atoms with Crippen LogP contribution < -0.4 is 15.8 Å². The number of benzene rings is 2. The van der Waals surface area contributed by atoms with Gasteiger partial charge in [0.2, 0.25) is 5.91 Å². The van der Waals surface area contributed by atoms with Gasteiger partial charge in [-0.2, -0.15) is 0 Å². The first-order valence-corrected chi connectivity index (χ1v) is 7.44. The molecule has 0 aliphatic rings. The summed E-state index contributed by atoms with van der Waals surface area (Å²) in [6, 6.07) is 14.3. The van der Waals surface area contributed by atoms with E-state index in [1.165, 1.54) is 0 Å². The highest BCUT2D eigenvalue weighted by atomic mass is 79.9. The Balaban J connectivity index is 2.31. The van der Waals surface area contributed by atoms with Gasteiger partial charge in [-0.3, -0.25) is 4.79 Å². The molecule has 1 unspecified atom stereocenters. The van der Waals surface area contributed by atoms with E-state index in [1.54, 1.807) is 0 Å². The van der Waals surface area contributed by atoms with E-state index < -0.39 is 11.9 Å². The zero-order chi connectivity index (χ0) is 15.2. The Labute approximate surface area is 132 Å². The smallest absolute Gasteiger partial charge is 0.244 e. The zero-order valence-corrected chi connectivity index (χ0v) is 13.3. The van der Waals surface area contributed by atoms with Crippen LogP contribution in [0.4, 0.5) is 5.69 Å². The maximum absolute atomic E-state index is 11.8. The molecular formula is C16H17BrN2O2. The fourth-order valence-corrected chi connectivity index (χ4v) is 2.29. The number of anilines is 1. The number of amides is 1. The number of nitrogens with two attached hydrogens (primary N) is 1. The highest BCUT2D eigenvalue weighted by molar-refractivity contribution is 9.10. The van der Waals surface area contributed by atoms with Gasteiger partial charge >= 0.3 is 0 Å². The summed E-state index contributed by atoms with van der Waals surface area (Å²) in [5, 5.41) is 3.15. The quantitative estimate of drug-likeness (QED) is 0.839. The Bertz CT molecular complexity index is 614. The van der Waals surface area contributed by atoms with E-state index in [2.05, 4.69) is 21.2 Å². The van der Waals surface area contributed by atoms with Crippen LogP contribution in [0.1, 0.15) is 18.5 Å². The van der Waals surface area contributed by atoms with Crippen molar-refractivity contribution in [2.24, 2.45) is 5.73 Å². The molecule has 110 valence electrons. The summed E-state index contributed by atoms with van der Waals surface area (Å²) in [5.41, 5.74) is 7.09. The Morgan fingerprint density at radius 1 is 1.24 bits per heavy atom. The lowest BCUT2D eigenvalue weighted by Crippen LogP contribution is -2.28. The summed E-state index contributed by atoms with van der Waals surface area (Å²) < 4.78 is 6.54. The monoisotopic (exact) mass is 348 g/mol. The predicted octanol–water partition coefficient (Wildman–Crippen LogP) is 3.49. The average Bonchev–Trinajstić information content (AvgIpc) is 2.47. The molecule has 0 heterocycles.